The summed E-state index contributed by atoms with van der Waals surface area (Å²) in [6.45, 7) is 4.76. The van der Waals surface area contributed by atoms with E-state index < -0.39 is 6.10 Å². The molecule has 1 atom stereocenters. The highest BCUT2D eigenvalue weighted by Gasteiger charge is 2.20. The summed E-state index contributed by atoms with van der Waals surface area (Å²) in [6, 6.07) is 6.82. The van der Waals surface area contributed by atoms with Gasteiger partial charge < -0.3 is 14.6 Å². The van der Waals surface area contributed by atoms with Crippen molar-refractivity contribution < 1.29 is 19.4 Å². The quantitative estimate of drug-likeness (QED) is 0.580. The maximum absolute atomic E-state index is 11.9. The van der Waals surface area contributed by atoms with Crippen LogP contribution >= 0.6 is 0 Å². The number of rotatable bonds is 8. The Morgan fingerprint density at radius 3 is 2.79 bits per heavy atom. The Labute approximate surface area is 114 Å². The lowest BCUT2D eigenvalue weighted by Crippen LogP contribution is -2.29. The van der Waals surface area contributed by atoms with E-state index in [1.807, 2.05) is 19.9 Å². The summed E-state index contributed by atoms with van der Waals surface area (Å²) in [7, 11) is 0. The molecule has 4 nitrogen and oxygen atoms in total. The van der Waals surface area contributed by atoms with Gasteiger partial charge in [0.05, 0.1) is 6.61 Å². The Morgan fingerprint density at radius 2 is 2.16 bits per heavy atom. The highest BCUT2D eigenvalue weighted by atomic mass is 16.6. The highest BCUT2D eigenvalue weighted by molar-refractivity contribution is 5.75. The molecule has 0 radical (unpaired) electrons. The van der Waals surface area contributed by atoms with Gasteiger partial charge in [0.25, 0.3) is 0 Å². The van der Waals surface area contributed by atoms with Gasteiger partial charge >= 0.3 is 5.97 Å². The molecule has 106 valence electrons. The number of aromatic hydroxyl groups is 1. The molecule has 1 N–H and O–H groups in total. The van der Waals surface area contributed by atoms with Gasteiger partial charge in [-0.3, -0.25) is 0 Å². The minimum Gasteiger partial charge on any atom is -0.508 e. The molecule has 0 fully saturated rings. The van der Waals surface area contributed by atoms with Crippen molar-refractivity contribution in [2.45, 2.75) is 39.2 Å². The molecule has 1 aromatic carbocycles. The lowest BCUT2D eigenvalue weighted by Gasteiger charge is -2.16. The van der Waals surface area contributed by atoms with Crippen LogP contribution in [0.5, 0.6) is 5.75 Å². The molecule has 1 rings (SSSR count). The largest absolute Gasteiger partial charge is 0.508 e. The molecule has 0 saturated carbocycles. The summed E-state index contributed by atoms with van der Waals surface area (Å²) in [5, 5.41) is 9.41. The Bertz CT molecular complexity index is 389. The van der Waals surface area contributed by atoms with Crippen LogP contribution < -0.4 is 0 Å². The summed E-state index contributed by atoms with van der Waals surface area (Å²) in [4.78, 5) is 11.9. The van der Waals surface area contributed by atoms with Gasteiger partial charge in [-0.2, -0.15) is 0 Å². The number of esters is 1. The zero-order chi connectivity index (χ0) is 14.1. The molecular formula is C15H22O4. The van der Waals surface area contributed by atoms with E-state index >= 15 is 0 Å². The van der Waals surface area contributed by atoms with Gasteiger partial charge in [-0.05, 0) is 31.0 Å². The van der Waals surface area contributed by atoms with E-state index in [2.05, 4.69) is 0 Å². The van der Waals surface area contributed by atoms with E-state index in [-0.39, 0.29) is 11.7 Å². The van der Waals surface area contributed by atoms with Crippen molar-refractivity contribution in [2.75, 3.05) is 13.2 Å². The highest BCUT2D eigenvalue weighted by Crippen LogP contribution is 2.14. The molecule has 0 saturated heterocycles. The molecule has 1 aromatic rings. The molecule has 0 aliphatic heterocycles. The van der Waals surface area contributed by atoms with Crippen molar-refractivity contribution >= 4 is 5.97 Å². The Morgan fingerprint density at radius 1 is 1.37 bits per heavy atom. The number of carbonyl (C=O) groups excluding carboxylic acids is 1. The first-order valence-electron chi connectivity index (χ1n) is 6.73. The molecule has 0 aromatic heterocycles. The third-order valence-electron chi connectivity index (χ3n) is 2.70. The van der Waals surface area contributed by atoms with Crippen LogP contribution in [0.1, 0.15) is 32.3 Å². The van der Waals surface area contributed by atoms with Crippen LogP contribution in [0.25, 0.3) is 0 Å². The van der Waals surface area contributed by atoms with Gasteiger partial charge in [-0.25, -0.2) is 4.79 Å². The maximum atomic E-state index is 11.9. The zero-order valence-corrected chi connectivity index (χ0v) is 11.6. The molecule has 0 spiro atoms. The van der Waals surface area contributed by atoms with Crippen LogP contribution in [0.2, 0.25) is 0 Å². The maximum Gasteiger partial charge on any atom is 0.335 e. The first kappa shape index (κ1) is 15.5. The third-order valence-corrected chi connectivity index (χ3v) is 2.70. The average molecular weight is 266 g/mol. The first-order valence-corrected chi connectivity index (χ1v) is 6.73. The lowest BCUT2D eigenvalue weighted by atomic mass is 10.1. The van der Waals surface area contributed by atoms with E-state index in [4.69, 9.17) is 9.47 Å². The van der Waals surface area contributed by atoms with Crippen molar-refractivity contribution in [3.63, 3.8) is 0 Å². The summed E-state index contributed by atoms with van der Waals surface area (Å²) in [5.74, 6) is -0.147. The van der Waals surface area contributed by atoms with Crippen molar-refractivity contribution in [1.29, 1.82) is 0 Å². The molecule has 0 amide bonds. The van der Waals surface area contributed by atoms with Crippen LogP contribution in [-0.2, 0) is 20.7 Å². The fourth-order valence-corrected chi connectivity index (χ4v) is 1.72. The normalized spacial score (nSPS) is 12.1. The van der Waals surface area contributed by atoms with Gasteiger partial charge in [-0.15, -0.1) is 0 Å². The smallest absolute Gasteiger partial charge is 0.335 e. The fourth-order valence-electron chi connectivity index (χ4n) is 1.72. The topological polar surface area (TPSA) is 55.8 Å². The molecule has 19 heavy (non-hydrogen) atoms. The number of ether oxygens (including phenoxy) is 2. The third kappa shape index (κ3) is 5.75. The van der Waals surface area contributed by atoms with Crippen LogP contribution in [0, 0.1) is 0 Å². The van der Waals surface area contributed by atoms with Gasteiger partial charge in [0.2, 0.25) is 0 Å². The number of carbonyl (C=O) groups is 1. The van der Waals surface area contributed by atoms with Crippen LogP contribution in [0.15, 0.2) is 24.3 Å². The van der Waals surface area contributed by atoms with E-state index in [1.165, 1.54) is 0 Å². The van der Waals surface area contributed by atoms with Crippen molar-refractivity contribution in [1.82, 2.24) is 0 Å². The Hall–Kier alpha value is -1.55. The lowest BCUT2D eigenvalue weighted by molar-refractivity contribution is -0.157. The zero-order valence-electron chi connectivity index (χ0n) is 11.6. The molecule has 4 heteroatoms. The predicted molar refractivity (Wildman–Crippen MR) is 73.1 cm³/mol. The summed E-state index contributed by atoms with van der Waals surface area (Å²) >= 11 is 0. The summed E-state index contributed by atoms with van der Waals surface area (Å²) in [6.07, 6.45) is 1.65. The molecule has 0 aliphatic rings. The van der Waals surface area contributed by atoms with Crippen LogP contribution in [0.4, 0.5) is 0 Å². The standard InChI is InChI=1S/C15H22O4/c1-3-5-9-19-15(17)14(18-4-2)11-12-7-6-8-13(16)10-12/h6-8,10,14,16H,3-5,9,11H2,1-2H3. The van der Waals surface area contributed by atoms with Crippen molar-refractivity contribution in [3.8, 4) is 5.75 Å². The monoisotopic (exact) mass is 266 g/mol. The van der Waals surface area contributed by atoms with Crippen LogP contribution in [-0.4, -0.2) is 30.4 Å². The predicted octanol–water partition coefficient (Wildman–Crippen LogP) is 2.68. The fraction of sp³-hybridized carbons (Fsp3) is 0.533. The van der Waals surface area contributed by atoms with Crippen LogP contribution in [0.3, 0.4) is 0 Å². The van der Waals surface area contributed by atoms with Gasteiger partial charge in [0.1, 0.15) is 5.75 Å². The number of phenolic OH excluding ortho intramolecular Hbond substituents is 1. The van der Waals surface area contributed by atoms with Crippen molar-refractivity contribution in [2.24, 2.45) is 0 Å². The SMILES string of the molecule is CCCCOC(=O)C(Cc1cccc(O)c1)OCC. The number of unbranched alkanes of at least 4 members (excludes halogenated alkanes) is 1. The molecule has 1 unspecified atom stereocenters. The molecular weight excluding hydrogens is 244 g/mol. The average Bonchev–Trinajstić information content (AvgIpc) is 2.38. The second kappa shape index (κ2) is 8.53. The first-order chi connectivity index (χ1) is 9.17. The van der Waals surface area contributed by atoms with Gasteiger partial charge in [0, 0.05) is 13.0 Å². The minimum absolute atomic E-state index is 0.187. The number of benzene rings is 1. The molecule has 0 heterocycles. The Balaban J connectivity index is 2.58. The molecule has 0 bridgehead atoms. The summed E-state index contributed by atoms with van der Waals surface area (Å²) < 4.78 is 10.6. The van der Waals surface area contributed by atoms with E-state index in [9.17, 15) is 9.90 Å². The summed E-state index contributed by atoms with van der Waals surface area (Å²) in [5.41, 5.74) is 0.853. The Kier molecular flexibility index (Phi) is 6.97. The van der Waals surface area contributed by atoms with Gasteiger partial charge in [0.15, 0.2) is 6.10 Å². The number of phenols is 1. The number of hydrogen-bond donors (Lipinski definition) is 1. The second-order valence-electron chi connectivity index (χ2n) is 4.34. The van der Waals surface area contributed by atoms with E-state index in [0.29, 0.717) is 19.6 Å². The van der Waals surface area contributed by atoms with Gasteiger partial charge in [-0.1, -0.05) is 25.5 Å². The number of hydrogen-bond acceptors (Lipinski definition) is 4. The van der Waals surface area contributed by atoms with E-state index in [0.717, 1.165) is 18.4 Å². The minimum atomic E-state index is -0.608. The molecule has 0 aliphatic carbocycles. The van der Waals surface area contributed by atoms with Crippen molar-refractivity contribution in [3.05, 3.63) is 29.8 Å². The van der Waals surface area contributed by atoms with E-state index in [1.54, 1.807) is 18.2 Å². The second-order valence-corrected chi connectivity index (χ2v) is 4.34.